The molecule has 2 N–H and O–H groups in total. The Morgan fingerprint density at radius 1 is 0.920 bits per heavy atom. The second kappa shape index (κ2) is 8.39. The second-order valence-electron chi connectivity index (χ2n) is 5.46. The molecule has 0 aliphatic carbocycles. The van der Waals surface area contributed by atoms with Gasteiger partial charge in [-0.1, -0.05) is 6.07 Å². The summed E-state index contributed by atoms with van der Waals surface area (Å²) in [5.41, 5.74) is 2.52. The number of rotatable bonds is 8. The van der Waals surface area contributed by atoms with Gasteiger partial charge in [0.25, 0.3) is 0 Å². The van der Waals surface area contributed by atoms with Gasteiger partial charge >= 0.3 is 5.97 Å². The molecule has 0 heterocycles. The van der Waals surface area contributed by atoms with Gasteiger partial charge in [-0.2, -0.15) is 0 Å². The highest BCUT2D eigenvalue weighted by Gasteiger charge is 2.16. The molecule has 0 spiro atoms. The number of aromatic carboxylic acids is 1. The number of methoxy groups -OCH3 is 3. The van der Waals surface area contributed by atoms with Crippen molar-refractivity contribution in [3.63, 3.8) is 0 Å². The Hall–Kier alpha value is -2.73. The van der Waals surface area contributed by atoms with Crippen molar-refractivity contribution in [3.05, 3.63) is 41.5 Å². The van der Waals surface area contributed by atoms with Crippen molar-refractivity contribution in [2.24, 2.45) is 0 Å². The fourth-order valence-electron chi connectivity index (χ4n) is 2.66. The highest BCUT2D eigenvalue weighted by atomic mass is 16.5. The summed E-state index contributed by atoms with van der Waals surface area (Å²) < 4.78 is 16.0. The lowest BCUT2D eigenvalue weighted by atomic mass is 9.97. The van der Waals surface area contributed by atoms with E-state index in [1.165, 1.54) is 21.3 Å². The van der Waals surface area contributed by atoms with E-state index in [1.807, 2.05) is 6.07 Å². The molecule has 25 heavy (non-hydrogen) atoms. The van der Waals surface area contributed by atoms with Crippen LogP contribution in [-0.4, -0.2) is 44.1 Å². The molecule has 134 valence electrons. The van der Waals surface area contributed by atoms with Crippen LogP contribution >= 0.6 is 0 Å². The predicted octanol–water partition coefficient (Wildman–Crippen LogP) is 3.00. The zero-order valence-corrected chi connectivity index (χ0v) is 14.5. The molecule has 0 aliphatic heterocycles. The monoisotopic (exact) mass is 346 g/mol. The van der Waals surface area contributed by atoms with Crippen LogP contribution in [0.25, 0.3) is 11.1 Å². The van der Waals surface area contributed by atoms with E-state index in [0.717, 1.165) is 16.7 Å². The normalized spacial score (nSPS) is 10.4. The lowest BCUT2D eigenvalue weighted by molar-refractivity contribution is 0.0697. The molecule has 0 aromatic heterocycles. The number of benzene rings is 2. The summed E-state index contributed by atoms with van der Waals surface area (Å²) in [6.07, 6.45) is 1.16. The minimum Gasteiger partial charge on any atom is -0.493 e. The molecule has 0 saturated heterocycles. The quantitative estimate of drug-likeness (QED) is 0.764. The Bertz CT molecular complexity index is 729. The van der Waals surface area contributed by atoms with Crippen LogP contribution in [0, 0.1) is 0 Å². The zero-order chi connectivity index (χ0) is 18.4. The van der Waals surface area contributed by atoms with Gasteiger partial charge in [-0.15, -0.1) is 0 Å². The van der Waals surface area contributed by atoms with Gasteiger partial charge in [0.1, 0.15) is 0 Å². The highest BCUT2D eigenvalue weighted by Crippen LogP contribution is 2.41. The van der Waals surface area contributed by atoms with Crippen molar-refractivity contribution in [1.82, 2.24) is 0 Å². The summed E-state index contributed by atoms with van der Waals surface area (Å²) in [4.78, 5) is 11.4. The molecule has 0 fully saturated rings. The Kier molecular flexibility index (Phi) is 6.25. The number of aryl methyl sites for hydroxylation is 1. The zero-order valence-electron chi connectivity index (χ0n) is 14.5. The van der Waals surface area contributed by atoms with Crippen LogP contribution in [0.2, 0.25) is 0 Å². The van der Waals surface area contributed by atoms with Gasteiger partial charge in [0.2, 0.25) is 5.75 Å². The van der Waals surface area contributed by atoms with Crippen molar-refractivity contribution in [3.8, 4) is 28.4 Å². The van der Waals surface area contributed by atoms with E-state index >= 15 is 0 Å². The van der Waals surface area contributed by atoms with Crippen molar-refractivity contribution in [2.75, 3.05) is 27.9 Å². The third-order valence-corrected chi connectivity index (χ3v) is 3.86. The minimum absolute atomic E-state index is 0.0524. The van der Waals surface area contributed by atoms with E-state index in [1.54, 1.807) is 24.3 Å². The molecule has 2 rings (SSSR count). The average molecular weight is 346 g/mol. The summed E-state index contributed by atoms with van der Waals surface area (Å²) in [5.74, 6) is 0.465. The number of aliphatic hydroxyl groups excluding tert-OH is 1. The SMILES string of the molecule is COc1cc(-c2cc(CCCO)cc(C(=O)O)c2)cc(OC)c1OC. The maximum absolute atomic E-state index is 11.4. The van der Waals surface area contributed by atoms with Crippen LogP contribution in [0.4, 0.5) is 0 Å². The number of hydrogen-bond acceptors (Lipinski definition) is 5. The Labute approximate surface area is 146 Å². The molecular weight excluding hydrogens is 324 g/mol. The molecule has 0 radical (unpaired) electrons. The molecule has 2 aromatic carbocycles. The molecule has 0 saturated carbocycles. The molecule has 6 nitrogen and oxygen atoms in total. The Balaban J connectivity index is 2.59. The number of ether oxygens (including phenoxy) is 3. The fourth-order valence-corrected chi connectivity index (χ4v) is 2.66. The van der Waals surface area contributed by atoms with E-state index < -0.39 is 5.97 Å². The predicted molar refractivity (Wildman–Crippen MR) is 93.9 cm³/mol. The van der Waals surface area contributed by atoms with Crippen LogP contribution in [0.3, 0.4) is 0 Å². The van der Waals surface area contributed by atoms with Gasteiger partial charge in [0.15, 0.2) is 11.5 Å². The molecular formula is C19H22O6. The third-order valence-electron chi connectivity index (χ3n) is 3.86. The van der Waals surface area contributed by atoms with Crippen LogP contribution < -0.4 is 14.2 Å². The molecule has 0 amide bonds. The number of carboxylic acids is 1. The van der Waals surface area contributed by atoms with Gasteiger partial charge in [-0.05, 0) is 53.8 Å². The van der Waals surface area contributed by atoms with Crippen molar-refractivity contribution < 1.29 is 29.2 Å². The van der Waals surface area contributed by atoms with Crippen molar-refractivity contribution >= 4 is 5.97 Å². The summed E-state index contributed by atoms with van der Waals surface area (Å²) >= 11 is 0. The van der Waals surface area contributed by atoms with Gasteiger partial charge < -0.3 is 24.4 Å². The molecule has 0 atom stereocenters. The molecule has 0 aliphatic rings. The lowest BCUT2D eigenvalue weighted by Gasteiger charge is -2.15. The maximum atomic E-state index is 11.4. The number of hydrogen-bond donors (Lipinski definition) is 2. The van der Waals surface area contributed by atoms with Crippen LogP contribution in [-0.2, 0) is 6.42 Å². The van der Waals surface area contributed by atoms with Gasteiger partial charge in [-0.25, -0.2) is 4.79 Å². The van der Waals surface area contributed by atoms with Crippen LogP contribution in [0.1, 0.15) is 22.3 Å². The molecule has 0 unspecified atom stereocenters. The molecule has 2 aromatic rings. The summed E-state index contributed by atoms with van der Waals surface area (Å²) in [7, 11) is 4.58. The first kappa shape index (κ1) is 18.6. The van der Waals surface area contributed by atoms with Gasteiger partial charge in [0, 0.05) is 6.61 Å². The average Bonchev–Trinajstić information content (AvgIpc) is 2.64. The fraction of sp³-hybridized carbons (Fsp3) is 0.316. The first-order valence-corrected chi connectivity index (χ1v) is 7.82. The topological polar surface area (TPSA) is 85.2 Å². The first-order valence-electron chi connectivity index (χ1n) is 7.82. The van der Waals surface area contributed by atoms with E-state index in [-0.39, 0.29) is 12.2 Å². The second-order valence-corrected chi connectivity index (χ2v) is 5.46. The summed E-state index contributed by atoms with van der Waals surface area (Å²) in [6.45, 7) is 0.0524. The third kappa shape index (κ3) is 4.22. The van der Waals surface area contributed by atoms with Crippen LogP contribution in [0.5, 0.6) is 17.2 Å². The first-order chi connectivity index (χ1) is 12.0. The van der Waals surface area contributed by atoms with Gasteiger partial charge in [-0.3, -0.25) is 0 Å². The number of carbonyl (C=O) groups is 1. The van der Waals surface area contributed by atoms with E-state index in [2.05, 4.69) is 0 Å². The smallest absolute Gasteiger partial charge is 0.335 e. The Morgan fingerprint density at radius 3 is 2.00 bits per heavy atom. The van der Waals surface area contributed by atoms with Crippen LogP contribution in [0.15, 0.2) is 30.3 Å². The van der Waals surface area contributed by atoms with Gasteiger partial charge in [0.05, 0.1) is 26.9 Å². The largest absolute Gasteiger partial charge is 0.493 e. The van der Waals surface area contributed by atoms with E-state index in [0.29, 0.717) is 30.1 Å². The van der Waals surface area contributed by atoms with E-state index in [9.17, 15) is 9.90 Å². The number of carboxylic acid groups (broad SMARTS) is 1. The Morgan fingerprint density at radius 2 is 1.52 bits per heavy atom. The highest BCUT2D eigenvalue weighted by molar-refractivity contribution is 5.90. The standard InChI is InChI=1S/C19H22O6/c1-23-16-10-14(11-17(24-2)18(16)25-3)13-7-12(5-4-6-20)8-15(9-13)19(21)22/h7-11,20H,4-6H2,1-3H3,(H,21,22). The summed E-state index contributed by atoms with van der Waals surface area (Å²) in [5, 5.41) is 18.4. The molecule has 0 bridgehead atoms. The lowest BCUT2D eigenvalue weighted by Crippen LogP contribution is -2.00. The van der Waals surface area contributed by atoms with Crippen molar-refractivity contribution in [1.29, 1.82) is 0 Å². The van der Waals surface area contributed by atoms with E-state index in [4.69, 9.17) is 19.3 Å². The van der Waals surface area contributed by atoms with Crippen molar-refractivity contribution in [2.45, 2.75) is 12.8 Å². The maximum Gasteiger partial charge on any atom is 0.335 e. The number of aliphatic hydroxyl groups is 1. The molecule has 6 heteroatoms. The minimum atomic E-state index is -1.00. The summed E-state index contributed by atoms with van der Waals surface area (Å²) in [6, 6.07) is 8.68.